The van der Waals surface area contributed by atoms with Gasteiger partial charge in [-0.25, -0.2) is 9.97 Å². The summed E-state index contributed by atoms with van der Waals surface area (Å²) >= 11 is 6.10. The molecule has 0 aliphatic heterocycles. The van der Waals surface area contributed by atoms with E-state index in [1.165, 1.54) is 6.33 Å². The van der Waals surface area contributed by atoms with Crippen molar-refractivity contribution >= 4 is 23.1 Å². The van der Waals surface area contributed by atoms with Crippen molar-refractivity contribution in [2.75, 3.05) is 17.7 Å². The van der Waals surface area contributed by atoms with Crippen LogP contribution in [-0.4, -0.2) is 17.0 Å². The molecule has 0 unspecified atom stereocenters. The van der Waals surface area contributed by atoms with Gasteiger partial charge >= 0.3 is 0 Å². The zero-order chi connectivity index (χ0) is 12.3. The summed E-state index contributed by atoms with van der Waals surface area (Å²) in [4.78, 5) is 9.96. The molecule has 0 saturated carbocycles. The predicted octanol–water partition coefficient (Wildman–Crippen LogP) is 2.35. The molecule has 0 aliphatic rings. The number of hydrogen-bond acceptors (Lipinski definition) is 4. The first-order valence-electron chi connectivity index (χ1n) is 5.18. The summed E-state index contributed by atoms with van der Waals surface area (Å²) in [5.74, 6) is 0.708. The molecule has 17 heavy (non-hydrogen) atoms. The Bertz CT molecular complexity index is 515. The smallest absolute Gasteiger partial charge is 0.155 e. The Balaban J connectivity index is 2.20. The number of nitrogen functional groups attached to an aromatic ring is 1. The van der Waals surface area contributed by atoms with E-state index in [9.17, 15) is 0 Å². The lowest BCUT2D eigenvalue weighted by Gasteiger charge is -2.19. The van der Waals surface area contributed by atoms with Crippen LogP contribution in [-0.2, 0) is 6.54 Å². The van der Waals surface area contributed by atoms with Crippen LogP contribution in [0.4, 0.5) is 11.5 Å². The Morgan fingerprint density at radius 1 is 1.35 bits per heavy atom. The lowest BCUT2D eigenvalue weighted by Crippen LogP contribution is -2.19. The number of aromatic nitrogens is 2. The van der Waals surface area contributed by atoms with Crippen molar-refractivity contribution in [3.63, 3.8) is 0 Å². The van der Waals surface area contributed by atoms with Gasteiger partial charge in [-0.05, 0) is 11.6 Å². The van der Waals surface area contributed by atoms with Crippen molar-refractivity contribution in [2.24, 2.45) is 0 Å². The van der Waals surface area contributed by atoms with Crippen molar-refractivity contribution in [3.05, 3.63) is 47.4 Å². The Hall–Kier alpha value is -1.81. The van der Waals surface area contributed by atoms with Crippen LogP contribution >= 0.6 is 11.6 Å². The fourth-order valence-corrected chi connectivity index (χ4v) is 1.81. The third kappa shape index (κ3) is 2.65. The van der Waals surface area contributed by atoms with Crippen molar-refractivity contribution in [1.29, 1.82) is 0 Å². The Morgan fingerprint density at radius 2 is 2.12 bits per heavy atom. The van der Waals surface area contributed by atoms with E-state index in [0.717, 1.165) is 10.6 Å². The van der Waals surface area contributed by atoms with Crippen LogP contribution in [0.5, 0.6) is 0 Å². The summed E-state index contributed by atoms with van der Waals surface area (Å²) < 4.78 is 0. The minimum absolute atomic E-state index is 0.557. The second-order valence-electron chi connectivity index (χ2n) is 3.75. The fourth-order valence-electron chi connectivity index (χ4n) is 1.61. The summed E-state index contributed by atoms with van der Waals surface area (Å²) in [6.07, 6.45) is 3.07. The molecule has 0 fully saturated rings. The normalized spacial score (nSPS) is 10.2. The van der Waals surface area contributed by atoms with Gasteiger partial charge < -0.3 is 10.6 Å². The molecule has 2 rings (SSSR count). The van der Waals surface area contributed by atoms with Crippen molar-refractivity contribution in [2.45, 2.75) is 6.54 Å². The highest BCUT2D eigenvalue weighted by molar-refractivity contribution is 6.31. The largest absolute Gasteiger partial charge is 0.394 e. The standard InChI is InChI=1S/C12H13ClN4/c1-17(12-11(14)6-15-8-16-12)7-9-4-2-3-5-10(9)13/h2-6,8H,7,14H2,1H3. The molecule has 0 radical (unpaired) electrons. The lowest BCUT2D eigenvalue weighted by molar-refractivity contribution is 0.894. The van der Waals surface area contributed by atoms with Gasteiger partial charge in [-0.2, -0.15) is 0 Å². The molecule has 0 atom stereocenters. The van der Waals surface area contributed by atoms with E-state index >= 15 is 0 Å². The van der Waals surface area contributed by atoms with Crippen LogP contribution < -0.4 is 10.6 Å². The molecule has 0 saturated heterocycles. The Morgan fingerprint density at radius 3 is 2.82 bits per heavy atom. The van der Waals surface area contributed by atoms with E-state index in [4.69, 9.17) is 17.3 Å². The highest BCUT2D eigenvalue weighted by Gasteiger charge is 2.08. The molecule has 1 heterocycles. The topological polar surface area (TPSA) is 55.0 Å². The maximum atomic E-state index is 6.10. The molecule has 2 N–H and O–H groups in total. The molecule has 1 aromatic carbocycles. The summed E-state index contributed by atoms with van der Waals surface area (Å²) in [5, 5.41) is 0.743. The van der Waals surface area contributed by atoms with Crippen LogP contribution in [0.25, 0.3) is 0 Å². The predicted molar refractivity (Wildman–Crippen MR) is 70.0 cm³/mol. The second kappa shape index (κ2) is 5.01. The molecular weight excluding hydrogens is 236 g/mol. The molecule has 5 heteroatoms. The number of nitrogens with zero attached hydrogens (tertiary/aromatic N) is 3. The van der Waals surface area contributed by atoms with Gasteiger partial charge in [0.1, 0.15) is 6.33 Å². The maximum Gasteiger partial charge on any atom is 0.155 e. The van der Waals surface area contributed by atoms with E-state index in [-0.39, 0.29) is 0 Å². The van der Waals surface area contributed by atoms with Gasteiger partial charge in [0.2, 0.25) is 0 Å². The quantitative estimate of drug-likeness (QED) is 0.906. The minimum Gasteiger partial charge on any atom is -0.394 e. The van der Waals surface area contributed by atoms with Gasteiger partial charge in [0.25, 0.3) is 0 Å². The number of benzene rings is 1. The van der Waals surface area contributed by atoms with Crippen LogP contribution in [0.2, 0.25) is 5.02 Å². The number of rotatable bonds is 3. The lowest BCUT2D eigenvalue weighted by atomic mass is 10.2. The highest BCUT2D eigenvalue weighted by Crippen LogP contribution is 2.22. The first-order valence-corrected chi connectivity index (χ1v) is 5.56. The minimum atomic E-state index is 0.557. The average Bonchev–Trinajstić information content (AvgIpc) is 2.32. The average molecular weight is 249 g/mol. The third-order valence-corrected chi connectivity index (χ3v) is 2.81. The van der Waals surface area contributed by atoms with E-state index in [1.54, 1.807) is 6.20 Å². The molecule has 4 nitrogen and oxygen atoms in total. The van der Waals surface area contributed by atoms with Gasteiger partial charge in [-0.3, -0.25) is 0 Å². The molecule has 0 amide bonds. The molecule has 0 bridgehead atoms. The highest BCUT2D eigenvalue weighted by atomic mass is 35.5. The Kier molecular flexibility index (Phi) is 3.44. The van der Waals surface area contributed by atoms with E-state index in [1.807, 2.05) is 36.2 Å². The fraction of sp³-hybridized carbons (Fsp3) is 0.167. The third-order valence-electron chi connectivity index (χ3n) is 2.45. The van der Waals surface area contributed by atoms with Crippen LogP contribution in [0.3, 0.4) is 0 Å². The number of nitrogens with two attached hydrogens (primary N) is 1. The number of anilines is 2. The SMILES string of the molecule is CN(Cc1ccccc1Cl)c1ncncc1N. The zero-order valence-corrected chi connectivity index (χ0v) is 10.2. The van der Waals surface area contributed by atoms with Gasteiger partial charge in [0, 0.05) is 18.6 Å². The summed E-state index contributed by atoms with van der Waals surface area (Å²) in [5.41, 5.74) is 7.41. The van der Waals surface area contributed by atoms with Crippen molar-refractivity contribution in [1.82, 2.24) is 9.97 Å². The molecular formula is C12H13ClN4. The van der Waals surface area contributed by atoms with E-state index in [2.05, 4.69) is 9.97 Å². The summed E-state index contributed by atoms with van der Waals surface area (Å²) in [6.45, 7) is 0.654. The van der Waals surface area contributed by atoms with Crippen LogP contribution in [0.15, 0.2) is 36.8 Å². The molecule has 1 aromatic heterocycles. The second-order valence-corrected chi connectivity index (χ2v) is 4.16. The molecule has 0 spiro atoms. The number of hydrogen-bond donors (Lipinski definition) is 1. The van der Waals surface area contributed by atoms with Crippen LogP contribution in [0, 0.1) is 0 Å². The zero-order valence-electron chi connectivity index (χ0n) is 9.47. The monoisotopic (exact) mass is 248 g/mol. The van der Waals surface area contributed by atoms with Gasteiger partial charge in [0.05, 0.1) is 11.9 Å². The summed E-state index contributed by atoms with van der Waals surface area (Å²) in [6, 6.07) is 7.72. The number of halogens is 1. The van der Waals surface area contributed by atoms with E-state index in [0.29, 0.717) is 18.1 Å². The Labute approximate surface area is 105 Å². The van der Waals surface area contributed by atoms with Gasteiger partial charge in [-0.15, -0.1) is 0 Å². The van der Waals surface area contributed by atoms with E-state index < -0.39 is 0 Å². The molecule has 0 aliphatic carbocycles. The van der Waals surface area contributed by atoms with Crippen molar-refractivity contribution < 1.29 is 0 Å². The first kappa shape index (κ1) is 11.7. The van der Waals surface area contributed by atoms with Gasteiger partial charge in [-0.1, -0.05) is 29.8 Å². The van der Waals surface area contributed by atoms with Gasteiger partial charge in [0.15, 0.2) is 5.82 Å². The molecule has 88 valence electrons. The summed E-state index contributed by atoms with van der Waals surface area (Å²) in [7, 11) is 1.92. The first-order chi connectivity index (χ1) is 8.18. The maximum absolute atomic E-state index is 6.10. The van der Waals surface area contributed by atoms with Crippen molar-refractivity contribution in [3.8, 4) is 0 Å². The molecule has 2 aromatic rings. The van der Waals surface area contributed by atoms with Crippen LogP contribution in [0.1, 0.15) is 5.56 Å².